The Kier molecular flexibility index (Phi) is 3.74. The zero-order valence-corrected chi connectivity index (χ0v) is 12.1. The summed E-state index contributed by atoms with van der Waals surface area (Å²) in [4.78, 5) is 16.6. The second-order valence-corrected chi connectivity index (χ2v) is 5.78. The average Bonchev–Trinajstić information content (AvgIpc) is 2.63. The van der Waals surface area contributed by atoms with Crippen molar-refractivity contribution in [2.24, 2.45) is 0 Å². The van der Waals surface area contributed by atoms with Gasteiger partial charge in [0, 0.05) is 17.8 Å². The number of halogens is 1. The van der Waals surface area contributed by atoms with Crippen LogP contribution >= 0.6 is 27.3 Å². The van der Waals surface area contributed by atoms with Gasteiger partial charge in [0.15, 0.2) is 5.78 Å². The normalized spacial score (nSPS) is 10.5. The van der Waals surface area contributed by atoms with E-state index in [9.17, 15) is 4.79 Å². The number of carbonyl (C=O) groups is 1. The van der Waals surface area contributed by atoms with Gasteiger partial charge in [-0.3, -0.25) is 4.79 Å². The Morgan fingerprint density at radius 1 is 1.41 bits per heavy atom. The molecule has 1 aromatic carbocycles. The maximum Gasteiger partial charge on any atom is 0.171 e. The summed E-state index contributed by atoms with van der Waals surface area (Å²) in [5.41, 5.74) is 2.03. The SMILES string of the molecule is CC(=O)c1sc(Cc2ccccc2Br)nc1C. The van der Waals surface area contributed by atoms with Crippen molar-refractivity contribution in [1.29, 1.82) is 0 Å². The van der Waals surface area contributed by atoms with E-state index in [1.54, 1.807) is 6.92 Å². The Labute approximate surface area is 113 Å². The van der Waals surface area contributed by atoms with Crippen molar-refractivity contribution in [3.63, 3.8) is 0 Å². The summed E-state index contributed by atoms with van der Waals surface area (Å²) in [5.74, 6) is 0.0957. The highest BCUT2D eigenvalue weighted by Crippen LogP contribution is 2.24. The van der Waals surface area contributed by atoms with Gasteiger partial charge >= 0.3 is 0 Å². The molecule has 0 aliphatic carbocycles. The molecule has 0 radical (unpaired) electrons. The Balaban J connectivity index is 2.28. The molecule has 88 valence electrons. The first-order chi connectivity index (χ1) is 8.08. The minimum Gasteiger partial charge on any atom is -0.294 e. The summed E-state index contributed by atoms with van der Waals surface area (Å²) in [5, 5.41) is 0.986. The third-order valence-corrected chi connectivity index (χ3v) is 4.49. The highest BCUT2D eigenvalue weighted by molar-refractivity contribution is 9.10. The van der Waals surface area contributed by atoms with Crippen molar-refractivity contribution in [2.75, 3.05) is 0 Å². The van der Waals surface area contributed by atoms with E-state index in [0.29, 0.717) is 0 Å². The lowest BCUT2D eigenvalue weighted by molar-refractivity contribution is 0.102. The standard InChI is InChI=1S/C13H12BrNOS/c1-8-13(9(2)16)17-12(15-8)7-10-5-3-4-6-11(10)14/h3-6H,7H2,1-2H3. The van der Waals surface area contributed by atoms with Crippen LogP contribution in [0.4, 0.5) is 0 Å². The summed E-state index contributed by atoms with van der Waals surface area (Å²) in [7, 11) is 0. The van der Waals surface area contributed by atoms with Crippen LogP contribution in [0.15, 0.2) is 28.7 Å². The van der Waals surface area contributed by atoms with Crippen molar-refractivity contribution in [2.45, 2.75) is 20.3 Å². The fourth-order valence-corrected chi connectivity index (χ4v) is 3.07. The van der Waals surface area contributed by atoms with Crippen molar-refractivity contribution in [1.82, 2.24) is 4.98 Å². The Morgan fingerprint density at radius 2 is 2.12 bits per heavy atom. The quantitative estimate of drug-likeness (QED) is 0.802. The van der Waals surface area contributed by atoms with Crippen molar-refractivity contribution < 1.29 is 4.79 Å². The van der Waals surface area contributed by atoms with Gasteiger partial charge in [-0.25, -0.2) is 4.98 Å². The molecule has 0 atom stereocenters. The van der Waals surface area contributed by atoms with Gasteiger partial charge in [0.05, 0.1) is 15.6 Å². The number of hydrogen-bond donors (Lipinski definition) is 0. The molecule has 0 unspecified atom stereocenters. The van der Waals surface area contributed by atoms with Crippen LogP contribution in [-0.4, -0.2) is 10.8 Å². The fraction of sp³-hybridized carbons (Fsp3) is 0.231. The zero-order valence-electron chi connectivity index (χ0n) is 9.66. The molecule has 0 aliphatic rings. The molecule has 2 aromatic rings. The van der Waals surface area contributed by atoms with Gasteiger partial charge in [0.2, 0.25) is 0 Å². The molecular weight excluding hydrogens is 298 g/mol. The molecular formula is C13H12BrNOS. The van der Waals surface area contributed by atoms with Crippen LogP contribution in [0.5, 0.6) is 0 Å². The van der Waals surface area contributed by atoms with Crippen molar-refractivity contribution in [3.05, 3.63) is 49.9 Å². The van der Waals surface area contributed by atoms with E-state index >= 15 is 0 Å². The van der Waals surface area contributed by atoms with Crippen LogP contribution < -0.4 is 0 Å². The molecule has 0 aliphatic heterocycles. The van der Waals surface area contributed by atoms with Crippen LogP contribution in [0.3, 0.4) is 0 Å². The first-order valence-corrected chi connectivity index (χ1v) is 6.89. The molecule has 0 spiro atoms. The zero-order chi connectivity index (χ0) is 12.4. The number of aromatic nitrogens is 1. The van der Waals surface area contributed by atoms with E-state index in [2.05, 4.69) is 27.0 Å². The molecule has 1 heterocycles. The third kappa shape index (κ3) is 2.82. The molecule has 0 fully saturated rings. The van der Waals surface area contributed by atoms with Crippen LogP contribution in [-0.2, 0) is 6.42 Å². The summed E-state index contributed by atoms with van der Waals surface area (Å²) in [6, 6.07) is 8.07. The molecule has 0 saturated carbocycles. The van der Waals surface area contributed by atoms with Gasteiger partial charge in [-0.15, -0.1) is 11.3 Å². The second-order valence-electron chi connectivity index (χ2n) is 3.85. The van der Waals surface area contributed by atoms with E-state index in [1.807, 2.05) is 25.1 Å². The monoisotopic (exact) mass is 309 g/mol. The molecule has 2 rings (SSSR count). The van der Waals surface area contributed by atoms with Gasteiger partial charge < -0.3 is 0 Å². The number of hydrogen-bond acceptors (Lipinski definition) is 3. The van der Waals surface area contributed by atoms with Crippen LogP contribution in [0, 0.1) is 6.92 Å². The minimum atomic E-state index is 0.0957. The number of nitrogens with zero attached hydrogens (tertiary/aromatic N) is 1. The topological polar surface area (TPSA) is 30.0 Å². The van der Waals surface area contributed by atoms with E-state index in [0.717, 1.165) is 26.5 Å². The molecule has 1 aromatic heterocycles. The summed E-state index contributed by atoms with van der Waals surface area (Å²) in [6.07, 6.45) is 0.764. The van der Waals surface area contributed by atoms with Gasteiger partial charge in [-0.2, -0.15) is 0 Å². The highest BCUT2D eigenvalue weighted by atomic mass is 79.9. The molecule has 4 heteroatoms. The van der Waals surface area contributed by atoms with Gasteiger partial charge in [0.1, 0.15) is 0 Å². The molecule has 2 nitrogen and oxygen atoms in total. The number of thiazole rings is 1. The maximum absolute atomic E-state index is 11.4. The predicted octanol–water partition coefficient (Wildman–Crippen LogP) is 4.01. The summed E-state index contributed by atoms with van der Waals surface area (Å²) in [6.45, 7) is 3.47. The van der Waals surface area contributed by atoms with E-state index in [4.69, 9.17) is 0 Å². The molecule has 0 amide bonds. The van der Waals surface area contributed by atoms with Gasteiger partial charge in [-0.1, -0.05) is 34.1 Å². The maximum atomic E-state index is 11.4. The smallest absolute Gasteiger partial charge is 0.171 e. The second kappa shape index (κ2) is 5.10. The summed E-state index contributed by atoms with van der Waals surface area (Å²) < 4.78 is 1.08. The van der Waals surface area contributed by atoms with Crippen LogP contribution in [0.1, 0.15) is 32.9 Å². The van der Waals surface area contributed by atoms with Gasteiger partial charge in [0.25, 0.3) is 0 Å². The van der Waals surface area contributed by atoms with Crippen LogP contribution in [0.25, 0.3) is 0 Å². The number of rotatable bonds is 3. The minimum absolute atomic E-state index is 0.0957. The Morgan fingerprint density at radius 3 is 2.71 bits per heavy atom. The first-order valence-electron chi connectivity index (χ1n) is 5.28. The molecule has 0 saturated heterocycles. The number of ketones is 1. The van der Waals surface area contributed by atoms with E-state index < -0.39 is 0 Å². The highest BCUT2D eigenvalue weighted by Gasteiger charge is 2.12. The Hall–Kier alpha value is -1.000. The fourth-order valence-electron chi connectivity index (χ4n) is 1.66. The van der Waals surface area contributed by atoms with Crippen molar-refractivity contribution >= 4 is 33.0 Å². The molecule has 0 N–H and O–H groups in total. The van der Waals surface area contributed by atoms with Gasteiger partial charge in [-0.05, 0) is 18.6 Å². The number of aryl methyl sites for hydroxylation is 1. The number of benzene rings is 1. The number of carbonyl (C=O) groups excluding carboxylic acids is 1. The van der Waals surface area contributed by atoms with E-state index in [1.165, 1.54) is 16.9 Å². The van der Waals surface area contributed by atoms with Crippen molar-refractivity contribution in [3.8, 4) is 0 Å². The first kappa shape index (κ1) is 12.5. The number of Topliss-reactive ketones (excluding diaryl/α,β-unsaturated/α-hetero) is 1. The summed E-state index contributed by atoms with van der Waals surface area (Å²) >= 11 is 5.01. The predicted molar refractivity (Wildman–Crippen MR) is 73.8 cm³/mol. The molecule has 17 heavy (non-hydrogen) atoms. The third-order valence-electron chi connectivity index (χ3n) is 2.46. The lowest BCUT2D eigenvalue weighted by atomic mass is 10.2. The Bertz CT molecular complexity index is 562. The average molecular weight is 310 g/mol. The largest absolute Gasteiger partial charge is 0.294 e. The molecule has 0 bridgehead atoms. The van der Waals surface area contributed by atoms with E-state index in [-0.39, 0.29) is 5.78 Å². The lowest BCUT2D eigenvalue weighted by Gasteiger charge is -2.00. The lowest BCUT2D eigenvalue weighted by Crippen LogP contribution is -1.90. The van der Waals surface area contributed by atoms with Crippen LogP contribution in [0.2, 0.25) is 0 Å².